The van der Waals surface area contributed by atoms with E-state index in [9.17, 15) is 29.1 Å². The van der Waals surface area contributed by atoms with Crippen LogP contribution in [0.4, 0.5) is 0 Å². The van der Waals surface area contributed by atoms with Gasteiger partial charge in [-0.1, -0.05) is 84.9 Å². The molecule has 3 aromatic rings. The van der Waals surface area contributed by atoms with E-state index in [1.807, 2.05) is 42.5 Å². The lowest BCUT2D eigenvalue weighted by Crippen LogP contribution is -2.71. The van der Waals surface area contributed by atoms with Crippen LogP contribution < -0.4 is 10.6 Å². The lowest BCUT2D eigenvalue weighted by molar-refractivity contribution is -0.151. The molecule has 0 bridgehead atoms. The fourth-order valence-electron chi connectivity index (χ4n) is 4.88. The zero-order valence-electron chi connectivity index (χ0n) is 23.6. The number of aliphatic carboxylic acids is 1. The predicted molar refractivity (Wildman–Crippen MR) is 165 cm³/mol. The SMILES string of the molecule is CC(=O)OCC1=C(C(=O)O)N2C(=O)[C@@H](NC(=O)C(NC(=O)c3ccc(C=Cc4ccccc4)cc3)c3ccccc3)[C@H]2SC1. The number of carbonyl (C=O) groups excluding carboxylic acids is 4. The van der Waals surface area contributed by atoms with Gasteiger partial charge in [0.05, 0.1) is 0 Å². The number of nitrogens with one attached hydrogen (secondary N) is 2. The molecule has 0 aromatic heterocycles. The van der Waals surface area contributed by atoms with Crippen LogP contribution in [-0.4, -0.2) is 63.4 Å². The molecule has 2 aliphatic heterocycles. The smallest absolute Gasteiger partial charge is 0.352 e. The number of rotatable bonds is 10. The molecule has 0 aliphatic carbocycles. The highest BCUT2D eigenvalue weighted by molar-refractivity contribution is 8.00. The van der Waals surface area contributed by atoms with Crippen molar-refractivity contribution in [2.24, 2.45) is 0 Å². The van der Waals surface area contributed by atoms with Gasteiger partial charge < -0.3 is 20.5 Å². The van der Waals surface area contributed by atoms with Crippen LogP contribution in [0.2, 0.25) is 0 Å². The molecule has 3 aromatic carbocycles. The van der Waals surface area contributed by atoms with Crippen molar-refractivity contribution in [1.29, 1.82) is 0 Å². The summed E-state index contributed by atoms with van der Waals surface area (Å²) < 4.78 is 4.96. The van der Waals surface area contributed by atoms with E-state index in [1.165, 1.54) is 18.7 Å². The van der Waals surface area contributed by atoms with Crippen molar-refractivity contribution in [2.45, 2.75) is 24.4 Å². The molecule has 3 N–H and O–H groups in total. The maximum absolute atomic E-state index is 13.6. The first kappa shape index (κ1) is 30.3. The van der Waals surface area contributed by atoms with Gasteiger partial charge in [0.25, 0.3) is 11.8 Å². The molecule has 5 rings (SSSR count). The number of carbonyl (C=O) groups is 5. The summed E-state index contributed by atoms with van der Waals surface area (Å²) >= 11 is 1.25. The maximum Gasteiger partial charge on any atom is 0.352 e. The Balaban J connectivity index is 1.29. The standard InChI is InChI=1S/C33H29N3O7S/c1-20(37)43-18-25-19-44-32-27(31(40)36(32)28(25)33(41)42)35-30(39)26(23-10-6-3-7-11-23)34-29(38)24-16-14-22(15-17-24)13-12-21-8-4-2-5-9-21/h2-17,26-27,32H,18-19H2,1H3,(H,34,38)(H,35,39)(H,41,42)/t26?,27-,32-/m1/s1. The number of benzene rings is 3. The summed E-state index contributed by atoms with van der Waals surface area (Å²) in [4.78, 5) is 64.3. The Morgan fingerprint density at radius 1 is 0.955 bits per heavy atom. The maximum atomic E-state index is 13.6. The van der Waals surface area contributed by atoms with Crippen LogP contribution in [0.15, 0.2) is 96.2 Å². The molecule has 224 valence electrons. The average molecular weight is 612 g/mol. The highest BCUT2D eigenvalue weighted by Crippen LogP contribution is 2.40. The summed E-state index contributed by atoms with van der Waals surface area (Å²) in [5.41, 5.74) is 2.84. The molecule has 2 aliphatic rings. The van der Waals surface area contributed by atoms with E-state index in [4.69, 9.17) is 4.74 Å². The summed E-state index contributed by atoms with van der Waals surface area (Å²) in [7, 11) is 0. The number of hydrogen-bond acceptors (Lipinski definition) is 7. The van der Waals surface area contributed by atoms with Crippen LogP contribution in [0.5, 0.6) is 0 Å². The first-order valence-electron chi connectivity index (χ1n) is 13.8. The molecule has 2 heterocycles. The Morgan fingerprint density at radius 3 is 2.18 bits per heavy atom. The van der Waals surface area contributed by atoms with Gasteiger partial charge in [-0.2, -0.15) is 0 Å². The van der Waals surface area contributed by atoms with E-state index in [1.54, 1.807) is 54.6 Å². The molecule has 0 spiro atoms. The van der Waals surface area contributed by atoms with Crippen molar-refractivity contribution in [2.75, 3.05) is 12.4 Å². The van der Waals surface area contributed by atoms with Gasteiger partial charge in [-0.15, -0.1) is 11.8 Å². The fourth-order valence-corrected chi connectivity index (χ4v) is 6.21. The lowest BCUT2D eigenvalue weighted by Gasteiger charge is -2.49. The van der Waals surface area contributed by atoms with Gasteiger partial charge in [0.15, 0.2) is 0 Å². The molecule has 1 fully saturated rings. The zero-order valence-corrected chi connectivity index (χ0v) is 24.5. The third-order valence-corrected chi connectivity index (χ3v) is 8.45. The molecule has 1 saturated heterocycles. The third-order valence-electron chi connectivity index (χ3n) is 7.11. The minimum absolute atomic E-state index is 0.200. The van der Waals surface area contributed by atoms with Gasteiger partial charge in [-0.3, -0.25) is 24.1 Å². The second kappa shape index (κ2) is 13.4. The fraction of sp³-hybridized carbons (Fsp3) is 0.182. The highest BCUT2D eigenvalue weighted by atomic mass is 32.2. The van der Waals surface area contributed by atoms with E-state index in [-0.39, 0.29) is 18.1 Å². The van der Waals surface area contributed by atoms with Crippen LogP contribution in [0.25, 0.3) is 12.2 Å². The van der Waals surface area contributed by atoms with Gasteiger partial charge in [-0.05, 0) is 28.8 Å². The summed E-state index contributed by atoms with van der Waals surface area (Å²) in [6, 6.07) is 23.3. The molecule has 0 radical (unpaired) electrons. The molecule has 0 saturated carbocycles. The average Bonchev–Trinajstić information content (AvgIpc) is 3.04. The Hall–Kier alpha value is -5.16. The Labute approximate surface area is 257 Å². The monoisotopic (exact) mass is 611 g/mol. The first-order valence-corrected chi connectivity index (χ1v) is 14.8. The minimum atomic E-state index is -1.33. The summed E-state index contributed by atoms with van der Waals surface area (Å²) in [6.07, 6.45) is 3.90. The van der Waals surface area contributed by atoms with E-state index >= 15 is 0 Å². The normalized spacial score (nSPS) is 18.2. The van der Waals surface area contributed by atoms with E-state index in [0.29, 0.717) is 16.7 Å². The van der Waals surface area contributed by atoms with Crippen molar-refractivity contribution in [3.05, 3.63) is 118 Å². The van der Waals surface area contributed by atoms with E-state index in [0.717, 1.165) is 16.0 Å². The van der Waals surface area contributed by atoms with Crippen molar-refractivity contribution < 1.29 is 33.8 Å². The quantitative estimate of drug-likeness (QED) is 0.179. The van der Waals surface area contributed by atoms with Crippen LogP contribution >= 0.6 is 11.8 Å². The predicted octanol–water partition coefficient (Wildman–Crippen LogP) is 3.63. The first-order chi connectivity index (χ1) is 21.2. The molecule has 10 nitrogen and oxygen atoms in total. The van der Waals surface area contributed by atoms with Gasteiger partial charge in [0.2, 0.25) is 5.91 Å². The number of carboxylic acid groups (broad SMARTS) is 1. The number of esters is 1. The minimum Gasteiger partial charge on any atom is -0.477 e. The second-order valence-corrected chi connectivity index (χ2v) is 11.2. The van der Waals surface area contributed by atoms with Gasteiger partial charge >= 0.3 is 11.9 Å². The van der Waals surface area contributed by atoms with Crippen LogP contribution in [-0.2, 0) is 23.9 Å². The second-order valence-electron chi connectivity index (χ2n) is 10.1. The largest absolute Gasteiger partial charge is 0.477 e. The van der Waals surface area contributed by atoms with Crippen LogP contribution in [0.1, 0.15) is 40.0 Å². The number of hydrogen-bond donors (Lipinski definition) is 3. The highest BCUT2D eigenvalue weighted by Gasteiger charge is 2.54. The molecular formula is C33H29N3O7S. The zero-order chi connectivity index (χ0) is 31.2. The topological polar surface area (TPSA) is 142 Å². The Morgan fingerprint density at radius 2 is 1.57 bits per heavy atom. The summed E-state index contributed by atoms with van der Waals surface area (Å²) in [5, 5.41) is 14.6. The van der Waals surface area contributed by atoms with Gasteiger partial charge in [0, 0.05) is 23.8 Å². The van der Waals surface area contributed by atoms with Gasteiger partial charge in [0.1, 0.15) is 29.8 Å². The third kappa shape index (κ3) is 6.73. The van der Waals surface area contributed by atoms with E-state index < -0.39 is 47.1 Å². The van der Waals surface area contributed by atoms with Crippen molar-refractivity contribution in [3.8, 4) is 0 Å². The molecular weight excluding hydrogens is 582 g/mol. The van der Waals surface area contributed by atoms with E-state index in [2.05, 4.69) is 10.6 Å². The number of fused-ring (bicyclic) bond motifs is 1. The number of carboxylic acids is 1. The van der Waals surface area contributed by atoms with Crippen LogP contribution in [0, 0.1) is 0 Å². The molecule has 3 amide bonds. The number of thioether (sulfide) groups is 1. The molecule has 44 heavy (non-hydrogen) atoms. The van der Waals surface area contributed by atoms with Gasteiger partial charge in [-0.25, -0.2) is 4.79 Å². The number of nitrogens with zero attached hydrogens (tertiary/aromatic N) is 1. The van der Waals surface area contributed by atoms with Crippen molar-refractivity contribution >= 4 is 53.6 Å². The molecule has 11 heteroatoms. The number of β-lactam (4-membered cyclic amide) rings is 1. The molecule has 3 atom stereocenters. The van der Waals surface area contributed by atoms with Crippen LogP contribution in [0.3, 0.4) is 0 Å². The Bertz CT molecular complexity index is 1640. The Kier molecular flexibility index (Phi) is 9.25. The number of amides is 3. The molecule has 1 unspecified atom stereocenters. The summed E-state index contributed by atoms with van der Waals surface area (Å²) in [5.74, 6) is -3.40. The van der Waals surface area contributed by atoms with Crippen molar-refractivity contribution in [3.63, 3.8) is 0 Å². The number of ether oxygens (including phenoxy) is 1. The lowest BCUT2D eigenvalue weighted by atomic mass is 10.0. The van der Waals surface area contributed by atoms with Crippen molar-refractivity contribution in [1.82, 2.24) is 15.5 Å². The summed E-state index contributed by atoms with van der Waals surface area (Å²) in [6.45, 7) is 0.964.